The van der Waals surface area contributed by atoms with Crippen LogP contribution in [0, 0.1) is 62.6 Å². The van der Waals surface area contributed by atoms with Crippen LogP contribution >= 0.6 is 0 Å². The number of carbonyl (C=O) groups excluding carboxylic acids is 3. The molecular weight excluding hydrogens is 661 g/mol. The standard InChI is InChI=1S/C46H78N2O5/c1-11-31(4)39(40(51)53-10)48-37(50)18-16-14-12-13-15-17-29-47-41(52)46-26-21-32(30(2)3)38(46)33-19-20-35-43(7)24-23-36(49)42(5,6)34(43)22-25-45(35,9)44(33,8)27-28-46/h31-36,38-39,49H,2,11-29H2,1,3-10H3,(H,47,52)(H,48,50)/t31-,32-,33+,34-,35+,36-,38+,39-,43-,44+,45+,46-/m0/s1. The first-order chi connectivity index (χ1) is 24.9. The topological polar surface area (TPSA) is 105 Å². The number of hydrogen-bond donors (Lipinski definition) is 3. The second-order valence-corrected chi connectivity index (χ2v) is 20.3. The summed E-state index contributed by atoms with van der Waals surface area (Å²) in [5.74, 6) is 2.46. The Hall–Kier alpha value is -1.89. The average molecular weight is 739 g/mol. The van der Waals surface area contributed by atoms with Gasteiger partial charge in [0.15, 0.2) is 0 Å². The van der Waals surface area contributed by atoms with E-state index in [0.29, 0.717) is 41.9 Å². The number of aliphatic hydroxyl groups excluding tert-OH is 1. The lowest BCUT2D eigenvalue weighted by molar-refractivity contribution is -0.246. The molecule has 5 saturated carbocycles. The van der Waals surface area contributed by atoms with Crippen LogP contribution in [-0.4, -0.2) is 48.7 Å². The number of aliphatic hydroxyl groups is 1. The van der Waals surface area contributed by atoms with Gasteiger partial charge in [0.25, 0.3) is 0 Å². The third kappa shape index (κ3) is 7.41. The highest BCUT2D eigenvalue weighted by atomic mass is 16.5. The van der Waals surface area contributed by atoms with E-state index >= 15 is 0 Å². The van der Waals surface area contributed by atoms with Crippen LogP contribution in [0.5, 0.6) is 0 Å². The predicted molar refractivity (Wildman–Crippen MR) is 214 cm³/mol. The number of esters is 1. The van der Waals surface area contributed by atoms with Crippen LogP contribution in [0.25, 0.3) is 0 Å². The monoisotopic (exact) mass is 739 g/mol. The lowest BCUT2D eigenvalue weighted by Crippen LogP contribution is -2.67. The molecule has 0 aliphatic heterocycles. The zero-order valence-corrected chi connectivity index (χ0v) is 35.3. The maximum absolute atomic E-state index is 14.5. The molecule has 0 unspecified atom stereocenters. The molecule has 5 fully saturated rings. The van der Waals surface area contributed by atoms with E-state index in [2.05, 4.69) is 58.8 Å². The third-order valence-electron chi connectivity index (χ3n) is 17.6. The number of ether oxygens (including phenoxy) is 1. The molecule has 0 heterocycles. The number of unbranched alkanes of at least 4 members (excludes halogenated alkanes) is 5. The molecular formula is C46H78N2O5. The molecule has 12 atom stereocenters. The molecule has 7 heteroatoms. The fourth-order valence-electron chi connectivity index (χ4n) is 14.1. The fourth-order valence-corrected chi connectivity index (χ4v) is 14.1. The summed E-state index contributed by atoms with van der Waals surface area (Å²) in [7, 11) is 1.37. The molecule has 0 saturated heterocycles. The Morgan fingerprint density at radius 1 is 0.830 bits per heavy atom. The van der Waals surface area contributed by atoms with Crippen molar-refractivity contribution in [2.45, 2.75) is 183 Å². The van der Waals surface area contributed by atoms with Gasteiger partial charge in [0, 0.05) is 13.0 Å². The van der Waals surface area contributed by atoms with Crippen molar-refractivity contribution in [3.8, 4) is 0 Å². The maximum Gasteiger partial charge on any atom is 0.328 e. The number of fused-ring (bicyclic) bond motifs is 7. The first-order valence-electron chi connectivity index (χ1n) is 21.9. The number of hydrogen-bond acceptors (Lipinski definition) is 5. The van der Waals surface area contributed by atoms with Gasteiger partial charge in [-0.05, 0) is 141 Å². The number of nitrogens with one attached hydrogen (secondary N) is 2. The van der Waals surface area contributed by atoms with Crippen LogP contribution in [0.15, 0.2) is 12.2 Å². The maximum atomic E-state index is 14.5. The smallest absolute Gasteiger partial charge is 0.328 e. The molecule has 0 aromatic rings. The summed E-state index contributed by atoms with van der Waals surface area (Å²) >= 11 is 0. The molecule has 302 valence electrons. The number of allylic oxidation sites excluding steroid dienone is 1. The van der Waals surface area contributed by atoms with Gasteiger partial charge >= 0.3 is 5.97 Å². The summed E-state index contributed by atoms with van der Waals surface area (Å²) in [6, 6.07) is -0.579. The highest BCUT2D eigenvalue weighted by molar-refractivity contribution is 5.85. The van der Waals surface area contributed by atoms with Gasteiger partial charge in [-0.2, -0.15) is 0 Å². The Labute approximate surface area is 323 Å². The van der Waals surface area contributed by atoms with E-state index in [-0.39, 0.29) is 51.0 Å². The second kappa shape index (κ2) is 16.3. The van der Waals surface area contributed by atoms with E-state index in [9.17, 15) is 19.5 Å². The number of methoxy groups -OCH3 is 1. The first kappa shape index (κ1) is 42.3. The molecule has 3 N–H and O–H groups in total. The molecule has 5 aliphatic carbocycles. The zero-order chi connectivity index (χ0) is 39.0. The van der Waals surface area contributed by atoms with Crippen molar-refractivity contribution in [2.75, 3.05) is 13.7 Å². The molecule has 5 rings (SSSR count). The van der Waals surface area contributed by atoms with Gasteiger partial charge in [-0.1, -0.05) is 92.7 Å². The highest BCUT2D eigenvalue weighted by Gasteiger charge is 2.71. The predicted octanol–water partition coefficient (Wildman–Crippen LogP) is 9.56. The van der Waals surface area contributed by atoms with Gasteiger partial charge in [0.05, 0.1) is 18.6 Å². The first-order valence-corrected chi connectivity index (χ1v) is 21.9. The summed E-state index contributed by atoms with van der Waals surface area (Å²) < 4.78 is 4.89. The number of amides is 2. The normalized spacial score (nSPS) is 39.7. The van der Waals surface area contributed by atoms with Crippen LogP contribution in [0.2, 0.25) is 0 Å². The second-order valence-electron chi connectivity index (χ2n) is 20.3. The van der Waals surface area contributed by atoms with Crippen molar-refractivity contribution in [3.63, 3.8) is 0 Å². The summed E-state index contributed by atoms with van der Waals surface area (Å²) in [5.41, 5.74) is 1.66. The van der Waals surface area contributed by atoms with Crippen molar-refractivity contribution in [2.24, 2.45) is 62.6 Å². The van der Waals surface area contributed by atoms with E-state index in [1.54, 1.807) is 0 Å². The SMILES string of the molecule is C=C(C)[C@@H]1CC[C@]2(C(=O)NCCCCCCCCC(=O)N[C@H](C(=O)OC)[C@@H](C)CC)CC[C@]3(C)[C@H](CC[C@@H]4[C@@]5(C)CC[C@H](O)C(C)(C)[C@@H]5CC[C@]43C)[C@@H]12. The van der Waals surface area contributed by atoms with E-state index in [1.807, 2.05) is 13.8 Å². The quantitative estimate of drug-likeness (QED) is 0.0882. The Morgan fingerprint density at radius 3 is 2.17 bits per heavy atom. The van der Waals surface area contributed by atoms with E-state index in [4.69, 9.17) is 4.74 Å². The minimum Gasteiger partial charge on any atom is -0.467 e. The lowest BCUT2D eigenvalue weighted by atomic mass is 9.32. The molecule has 0 bridgehead atoms. The molecule has 7 nitrogen and oxygen atoms in total. The van der Waals surface area contributed by atoms with Crippen molar-refractivity contribution in [1.82, 2.24) is 10.6 Å². The van der Waals surface area contributed by atoms with Crippen LogP contribution in [0.4, 0.5) is 0 Å². The van der Waals surface area contributed by atoms with Crippen molar-refractivity contribution < 1.29 is 24.2 Å². The lowest BCUT2D eigenvalue weighted by Gasteiger charge is -2.72. The van der Waals surface area contributed by atoms with Gasteiger partial charge in [0.2, 0.25) is 11.8 Å². The van der Waals surface area contributed by atoms with E-state index < -0.39 is 6.04 Å². The summed E-state index contributed by atoms with van der Waals surface area (Å²) in [6.07, 6.45) is 18.2. The molecule has 0 aromatic heterocycles. The fraction of sp³-hybridized carbons (Fsp3) is 0.891. The van der Waals surface area contributed by atoms with Gasteiger partial charge in [-0.15, -0.1) is 0 Å². The van der Waals surface area contributed by atoms with Crippen LogP contribution < -0.4 is 10.6 Å². The van der Waals surface area contributed by atoms with Gasteiger partial charge in [-0.3, -0.25) is 9.59 Å². The van der Waals surface area contributed by atoms with Gasteiger partial charge < -0.3 is 20.5 Å². The minimum absolute atomic E-state index is 0.0363. The average Bonchev–Trinajstić information content (AvgIpc) is 3.52. The largest absolute Gasteiger partial charge is 0.467 e. The van der Waals surface area contributed by atoms with E-state index in [1.165, 1.54) is 38.4 Å². The van der Waals surface area contributed by atoms with Gasteiger partial charge in [0.1, 0.15) is 6.04 Å². The van der Waals surface area contributed by atoms with Crippen molar-refractivity contribution in [3.05, 3.63) is 12.2 Å². The van der Waals surface area contributed by atoms with Crippen LogP contribution in [0.3, 0.4) is 0 Å². The Balaban J connectivity index is 1.14. The molecule has 53 heavy (non-hydrogen) atoms. The summed E-state index contributed by atoms with van der Waals surface area (Å²) in [5, 5.41) is 17.5. The Bertz CT molecular complexity index is 1340. The van der Waals surface area contributed by atoms with Crippen LogP contribution in [0.1, 0.15) is 171 Å². The van der Waals surface area contributed by atoms with Crippen molar-refractivity contribution in [1.29, 1.82) is 0 Å². The number of rotatable bonds is 15. The Kier molecular flexibility index (Phi) is 13.0. The van der Waals surface area contributed by atoms with E-state index in [0.717, 1.165) is 90.0 Å². The molecule has 5 aliphatic rings. The molecule has 2 amide bonds. The molecule has 0 spiro atoms. The van der Waals surface area contributed by atoms with Crippen molar-refractivity contribution >= 4 is 17.8 Å². The number of carbonyl (C=O) groups is 3. The Morgan fingerprint density at radius 2 is 1.51 bits per heavy atom. The molecule has 0 radical (unpaired) electrons. The summed E-state index contributed by atoms with van der Waals surface area (Å²) in [6.45, 7) is 24.0. The van der Waals surface area contributed by atoms with Gasteiger partial charge in [-0.25, -0.2) is 4.79 Å². The minimum atomic E-state index is -0.579. The molecule has 0 aromatic carbocycles. The highest BCUT2D eigenvalue weighted by Crippen LogP contribution is 2.77. The summed E-state index contributed by atoms with van der Waals surface area (Å²) in [4.78, 5) is 39.1. The third-order valence-corrected chi connectivity index (χ3v) is 17.6. The zero-order valence-electron chi connectivity index (χ0n) is 35.3. The van der Waals surface area contributed by atoms with Crippen LogP contribution in [-0.2, 0) is 19.1 Å².